The fraction of sp³-hybridized carbons (Fsp3) is 0.286. The van der Waals surface area contributed by atoms with Crippen molar-refractivity contribution in [3.05, 3.63) is 176 Å². The lowest BCUT2D eigenvalue weighted by atomic mass is 9.83. The number of fused-ring (bicyclic) bond motifs is 4. The third-order valence-electron chi connectivity index (χ3n) is 12.6. The molecule has 6 aromatic carbocycles. The summed E-state index contributed by atoms with van der Waals surface area (Å²) < 4.78 is 0. The van der Waals surface area contributed by atoms with Gasteiger partial charge in [0.25, 0.3) is 5.91 Å². The van der Waals surface area contributed by atoms with Crippen molar-refractivity contribution >= 4 is 93.3 Å². The smallest absolute Gasteiger partial charge is 0.251 e. The lowest BCUT2D eigenvalue weighted by Gasteiger charge is -2.24. The summed E-state index contributed by atoms with van der Waals surface area (Å²) in [5, 5.41) is 8.00. The number of carbonyl (C=O) groups is 2. The number of carbonyl (C=O) groups excluding carboxylic acids is 2. The predicted molar refractivity (Wildman–Crippen MR) is 282 cm³/mol. The van der Waals surface area contributed by atoms with Gasteiger partial charge in [-0.05, 0) is 124 Å². The number of aliphatic imine (C=N–C) groups is 2. The van der Waals surface area contributed by atoms with E-state index in [4.69, 9.17) is 44.8 Å². The van der Waals surface area contributed by atoms with Gasteiger partial charge in [0.05, 0.1) is 22.8 Å². The number of aldehydes is 1. The number of benzene rings is 6. The van der Waals surface area contributed by atoms with E-state index >= 15 is 0 Å². The second-order valence-electron chi connectivity index (χ2n) is 17.3. The van der Waals surface area contributed by atoms with E-state index in [9.17, 15) is 9.59 Å². The quantitative estimate of drug-likeness (QED) is 0.141. The molecular formula is C56H55Cl3N4O2S2. The first kappa shape index (κ1) is 48.8. The number of hydrogen-bond acceptors (Lipinski definition) is 7. The van der Waals surface area contributed by atoms with E-state index in [0.29, 0.717) is 39.6 Å². The Morgan fingerprint density at radius 3 is 1.79 bits per heavy atom. The molecule has 0 bridgehead atoms. The summed E-state index contributed by atoms with van der Waals surface area (Å²) in [6.07, 6.45) is 14.5. The molecule has 0 unspecified atom stereocenters. The highest BCUT2D eigenvalue weighted by atomic mass is 35.5. The van der Waals surface area contributed by atoms with Gasteiger partial charge in [-0.15, -0.1) is 0 Å². The van der Waals surface area contributed by atoms with E-state index in [1.807, 2.05) is 67.7 Å². The van der Waals surface area contributed by atoms with E-state index in [1.165, 1.54) is 102 Å². The number of nitrogens with zero attached hydrogens (tertiary/aromatic N) is 2. The highest BCUT2D eigenvalue weighted by Gasteiger charge is 2.27. The maximum Gasteiger partial charge on any atom is 0.251 e. The van der Waals surface area contributed by atoms with Crippen LogP contribution in [0.25, 0.3) is 0 Å². The molecule has 0 spiro atoms. The SMILES string of the molecule is CNCCc1cccc(Cl)c1.O=C(NCc1ccc(Cl)cc1Cl)c1ccc2c(c1)N=C(C1CCCCC1)c1ccccc1S2.O=Cc1ccc2c(c1)N=C(C1CCCCC1)c1ccccc1S2. The van der Waals surface area contributed by atoms with Crippen LogP contribution in [0, 0.1) is 11.8 Å². The molecule has 6 aromatic rings. The van der Waals surface area contributed by atoms with Crippen LogP contribution >= 0.6 is 58.3 Å². The zero-order chi connectivity index (χ0) is 46.5. The Labute approximate surface area is 418 Å². The molecule has 2 aliphatic carbocycles. The van der Waals surface area contributed by atoms with Gasteiger partial charge in [-0.1, -0.05) is 158 Å². The highest BCUT2D eigenvalue weighted by Crippen LogP contribution is 2.45. The van der Waals surface area contributed by atoms with Crippen molar-refractivity contribution in [2.24, 2.45) is 21.8 Å². The molecule has 0 atom stereocenters. The molecule has 2 heterocycles. The minimum absolute atomic E-state index is 0.148. The molecule has 0 aromatic heterocycles. The molecule has 2 aliphatic heterocycles. The van der Waals surface area contributed by atoms with E-state index in [0.717, 1.165) is 51.0 Å². The van der Waals surface area contributed by atoms with Crippen molar-refractivity contribution < 1.29 is 9.59 Å². The van der Waals surface area contributed by atoms with E-state index in [1.54, 1.807) is 35.7 Å². The largest absolute Gasteiger partial charge is 0.348 e. The molecule has 11 heteroatoms. The van der Waals surface area contributed by atoms with Gasteiger partial charge in [0, 0.05) is 75.3 Å². The summed E-state index contributed by atoms with van der Waals surface area (Å²) in [7, 11) is 1.95. The number of amides is 1. The van der Waals surface area contributed by atoms with Gasteiger partial charge in [-0.25, -0.2) is 0 Å². The molecular weight excluding hydrogens is 931 g/mol. The number of rotatable bonds is 9. The van der Waals surface area contributed by atoms with Gasteiger partial charge in [0.1, 0.15) is 6.29 Å². The molecule has 344 valence electrons. The van der Waals surface area contributed by atoms with Gasteiger partial charge in [-0.3, -0.25) is 19.6 Å². The number of halogens is 3. The summed E-state index contributed by atoms with van der Waals surface area (Å²) in [5.41, 5.74) is 10.1. The maximum absolute atomic E-state index is 12.9. The number of nitrogens with one attached hydrogen (secondary N) is 2. The van der Waals surface area contributed by atoms with Crippen LogP contribution in [0.15, 0.2) is 157 Å². The third kappa shape index (κ3) is 12.9. The first-order chi connectivity index (χ1) is 32.8. The molecule has 6 nitrogen and oxygen atoms in total. The summed E-state index contributed by atoms with van der Waals surface area (Å²) in [5.74, 6) is 0.859. The average molecular weight is 987 g/mol. The molecule has 0 radical (unpaired) electrons. The fourth-order valence-electron chi connectivity index (χ4n) is 9.04. The normalized spacial score (nSPS) is 15.5. The van der Waals surface area contributed by atoms with Crippen LogP contribution < -0.4 is 10.6 Å². The van der Waals surface area contributed by atoms with Gasteiger partial charge in [0.2, 0.25) is 0 Å². The van der Waals surface area contributed by atoms with Crippen molar-refractivity contribution in [2.45, 2.75) is 96.8 Å². The molecule has 0 saturated heterocycles. The number of likely N-dealkylation sites (N-methyl/N-ethyl adjacent to an activating group) is 1. The first-order valence-corrected chi connectivity index (χ1v) is 26.1. The van der Waals surface area contributed by atoms with Gasteiger partial charge < -0.3 is 10.6 Å². The molecule has 2 fully saturated rings. The van der Waals surface area contributed by atoms with Gasteiger partial charge >= 0.3 is 0 Å². The Morgan fingerprint density at radius 2 is 1.21 bits per heavy atom. The monoisotopic (exact) mass is 984 g/mol. The maximum atomic E-state index is 12.9. The van der Waals surface area contributed by atoms with Gasteiger partial charge in [0.15, 0.2) is 0 Å². The van der Waals surface area contributed by atoms with E-state index in [-0.39, 0.29) is 5.91 Å². The molecule has 67 heavy (non-hydrogen) atoms. The molecule has 2 saturated carbocycles. The minimum Gasteiger partial charge on any atom is -0.348 e. The van der Waals surface area contributed by atoms with Crippen LogP contribution in [-0.4, -0.2) is 37.2 Å². The Balaban J connectivity index is 0.000000154. The predicted octanol–water partition coefficient (Wildman–Crippen LogP) is 15.9. The summed E-state index contributed by atoms with van der Waals surface area (Å²) in [6, 6.07) is 42.0. The van der Waals surface area contributed by atoms with Gasteiger partial charge in [-0.2, -0.15) is 0 Å². The van der Waals surface area contributed by atoms with Crippen LogP contribution in [0.5, 0.6) is 0 Å². The fourth-order valence-corrected chi connectivity index (χ4v) is 11.8. The summed E-state index contributed by atoms with van der Waals surface area (Å²) in [6.45, 7) is 1.34. The summed E-state index contributed by atoms with van der Waals surface area (Å²) >= 11 is 21.5. The molecule has 1 amide bonds. The van der Waals surface area contributed by atoms with Crippen molar-refractivity contribution in [3.63, 3.8) is 0 Å². The Hall–Kier alpha value is -4.67. The zero-order valence-corrected chi connectivity index (χ0v) is 41.6. The van der Waals surface area contributed by atoms with Crippen LogP contribution in [0.3, 0.4) is 0 Å². The van der Waals surface area contributed by atoms with Crippen LogP contribution in [0.2, 0.25) is 15.1 Å². The van der Waals surface area contributed by atoms with E-state index in [2.05, 4.69) is 65.2 Å². The second-order valence-corrected chi connectivity index (χ2v) is 20.7. The summed E-state index contributed by atoms with van der Waals surface area (Å²) in [4.78, 5) is 39.0. The molecule has 10 rings (SSSR count). The Morgan fingerprint density at radius 1 is 0.627 bits per heavy atom. The van der Waals surface area contributed by atoms with Crippen LogP contribution in [-0.2, 0) is 13.0 Å². The Kier molecular flexibility index (Phi) is 17.5. The van der Waals surface area contributed by atoms with Crippen molar-refractivity contribution in [1.82, 2.24) is 10.6 Å². The lowest BCUT2D eigenvalue weighted by molar-refractivity contribution is 0.0950. The van der Waals surface area contributed by atoms with Crippen molar-refractivity contribution in [2.75, 3.05) is 13.6 Å². The highest BCUT2D eigenvalue weighted by molar-refractivity contribution is 7.99. The molecule has 2 N–H and O–H groups in total. The number of hydrogen-bond donors (Lipinski definition) is 2. The first-order valence-electron chi connectivity index (χ1n) is 23.3. The van der Waals surface area contributed by atoms with Crippen molar-refractivity contribution in [1.29, 1.82) is 0 Å². The van der Waals surface area contributed by atoms with Crippen LogP contribution in [0.1, 0.15) is 107 Å². The molecule has 4 aliphatic rings. The Bertz CT molecular complexity index is 2760. The zero-order valence-electron chi connectivity index (χ0n) is 37.7. The van der Waals surface area contributed by atoms with E-state index < -0.39 is 0 Å². The lowest BCUT2D eigenvalue weighted by Crippen LogP contribution is -2.23. The standard InChI is InChI=1S/C27H24Cl2N2OS.C20H19NOS.C9H12ClN/c28-20-12-10-19(22(29)15-20)16-30-27(32)18-11-13-25-23(14-18)31-26(17-6-2-1-3-7-17)21-8-4-5-9-24(21)33-25;22-13-14-10-11-19-17(12-14)21-20(15-6-2-1-3-7-15)16-8-4-5-9-18(16)23-19;1-11-6-5-8-3-2-4-9(10)7-8/h4-5,8-15,17H,1-3,6-7,16H2,(H,30,32);4-5,8-13,15H,1-3,6-7H2;2-4,7,11H,5-6H2,1H3. The van der Waals surface area contributed by atoms with Crippen molar-refractivity contribution in [3.8, 4) is 0 Å². The topological polar surface area (TPSA) is 82.9 Å². The average Bonchev–Trinajstić information content (AvgIpc) is 3.64. The minimum atomic E-state index is -0.148. The second kappa shape index (κ2) is 24.1. The third-order valence-corrected chi connectivity index (χ3v) is 15.7. The van der Waals surface area contributed by atoms with Crippen LogP contribution in [0.4, 0.5) is 11.4 Å².